The number of benzene rings is 1. The van der Waals surface area contributed by atoms with Gasteiger partial charge < -0.3 is 9.84 Å². The van der Waals surface area contributed by atoms with E-state index in [0.29, 0.717) is 18.7 Å². The molecule has 0 bridgehead atoms. The van der Waals surface area contributed by atoms with Gasteiger partial charge in [-0.15, -0.1) is 0 Å². The highest BCUT2D eigenvalue weighted by Crippen LogP contribution is 2.38. The number of ether oxygens (including phenoxy) is 1. The van der Waals surface area contributed by atoms with Crippen molar-refractivity contribution in [2.75, 3.05) is 46.5 Å². The average Bonchev–Trinajstić information content (AvgIpc) is 2.84. The lowest BCUT2D eigenvalue weighted by Crippen LogP contribution is -2.44. The van der Waals surface area contributed by atoms with E-state index in [-0.39, 0.29) is 24.6 Å². The predicted octanol–water partition coefficient (Wildman–Crippen LogP) is 4.04. The first-order valence-electron chi connectivity index (χ1n) is 11.6. The van der Waals surface area contributed by atoms with Crippen LogP contribution < -0.4 is 0 Å². The zero-order valence-corrected chi connectivity index (χ0v) is 19.9. The summed E-state index contributed by atoms with van der Waals surface area (Å²) in [6.45, 7) is 10.4. The highest BCUT2D eigenvalue weighted by atomic mass is 16.5. The molecule has 3 atom stereocenters. The number of nitrogens with zero attached hydrogens (tertiary/aromatic N) is 4. The molecular formula is C26H38N4O2. The molecular weight excluding hydrogens is 400 g/mol. The Labute approximate surface area is 193 Å². The second kappa shape index (κ2) is 14.0. The Hall–Kier alpha value is -2.30. The third-order valence-electron chi connectivity index (χ3n) is 5.79. The molecule has 32 heavy (non-hydrogen) atoms. The van der Waals surface area contributed by atoms with Crippen LogP contribution in [0.15, 0.2) is 48.7 Å². The molecule has 0 radical (unpaired) electrons. The summed E-state index contributed by atoms with van der Waals surface area (Å²) < 4.78 is 5.45. The van der Waals surface area contributed by atoms with Crippen molar-refractivity contribution in [3.8, 4) is 6.07 Å². The van der Waals surface area contributed by atoms with Crippen molar-refractivity contribution >= 4 is 0 Å². The molecule has 2 aromatic rings. The summed E-state index contributed by atoms with van der Waals surface area (Å²) >= 11 is 0. The first-order valence-corrected chi connectivity index (χ1v) is 11.6. The SMILES string of the molecule is CCCN(CC)[C@H](c1ccccn1)[C@@H](c1cccc(C#N)c1)N(CCOC)C[C@H](C)CO. The third kappa shape index (κ3) is 7.11. The van der Waals surface area contributed by atoms with Gasteiger partial charge in [0.15, 0.2) is 0 Å². The molecule has 1 N–H and O–H groups in total. The zero-order valence-electron chi connectivity index (χ0n) is 19.9. The topological polar surface area (TPSA) is 72.6 Å². The lowest BCUT2D eigenvalue weighted by molar-refractivity contribution is 0.0398. The first kappa shape index (κ1) is 26.0. The summed E-state index contributed by atoms with van der Waals surface area (Å²) in [7, 11) is 1.71. The summed E-state index contributed by atoms with van der Waals surface area (Å²) in [5.74, 6) is 0.110. The van der Waals surface area contributed by atoms with Crippen LogP contribution in [-0.4, -0.2) is 66.4 Å². The lowest BCUT2D eigenvalue weighted by Gasteiger charge is -2.43. The molecule has 2 rings (SSSR count). The van der Waals surface area contributed by atoms with Gasteiger partial charge in [0.25, 0.3) is 0 Å². The van der Waals surface area contributed by atoms with Gasteiger partial charge in [0.2, 0.25) is 0 Å². The lowest BCUT2D eigenvalue weighted by atomic mass is 9.91. The Morgan fingerprint density at radius 3 is 2.50 bits per heavy atom. The van der Waals surface area contributed by atoms with Gasteiger partial charge in [-0.3, -0.25) is 14.8 Å². The molecule has 1 aromatic heterocycles. The quantitative estimate of drug-likeness (QED) is 0.480. The summed E-state index contributed by atoms with van der Waals surface area (Å²) in [6.07, 6.45) is 2.88. The van der Waals surface area contributed by atoms with E-state index in [1.807, 2.05) is 36.5 Å². The van der Waals surface area contributed by atoms with E-state index in [1.54, 1.807) is 7.11 Å². The maximum atomic E-state index is 9.82. The second-order valence-electron chi connectivity index (χ2n) is 8.29. The van der Waals surface area contributed by atoms with Crippen molar-refractivity contribution in [1.29, 1.82) is 5.26 Å². The van der Waals surface area contributed by atoms with Crippen LogP contribution in [0.5, 0.6) is 0 Å². The smallest absolute Gasteiger partial charge is 0.0991 e. The van der Waals surface area contributed by atoms with Crippen LogP contribution in [0, 0.1) is 17.2 Å². The maximum Gasteiger partial charge on any atom is 0.0991 e. The summed E-state index contributed by atoms with van der Waals surface area (Å²) in [6, 6.07) is 16.2. The number of methoxy groups -OCH3 is 1. The van der Waals surface area contributed by atoms with Gasteiger partial charge in [-0.05, 0) is 55.3 Å². The molecule has 0 saturated heterocycles. The van der Waals surface area contributed by atoms with Crippen molar-refractivity contribution in [3.63, 3.8) is 0 Å². The van der Waals surface area contributed by atoms with E-state index in [9.17, 15) is 10.4 Å². The van der Waals surface area contributed by atoms with Gasteiger partial charge in [-0.25, -0.2) is 0 Å². The molecule has 0 fully saturated rings. The molecule has 174 valence electrons. The standard InChI is InChI=1S/C26H38N4O2/c1-5-14-29(6-2)26(24-12-7-8-13-28-24)25(23-11-9-10-22(17-23)18-27)30(15-16-32-4)19-21(3)20-31/h7-13,17,21,25-26,31H,5-6,14-16,19-20H2,1-4H3/t21-,25+,26+/m0/s1. The van der Waals surface area contributed by atoms with Crippen molar-refractivity contribution < 1.29 is 9.84 Å². The number of rotatable bonds is 14. The van der Waals surface area contributed by atoms with Gasteiger partial charge >= 0.3 is 0 Å². The molecule has 0 aliphatic heterocycles. The Bertz CT molecular complexity index is 824. The molecule has 1 aromatic carbocycles. The number of nitriles is 1. The fraction of sp³-hybridized carbons (Fsp3) is 0.538. The molecule has 1 heterocycles. The largest absolute Gasteiger partial charge is 0.396 e. The van der Waals surface area contributed by atoms with Crippen LogP contribution in [0.3, 0.4) is 0 Å². The number of aromatic nitrogens is 1. The Morgan fingerprint density at radius 1 is 1.09 bits per heavy atom. The van der Waals surface area contributed by atoms with Crippen molar-refractivity contribution in [1.82, 2.24) is 14.8 Å². The Kier molecular flexibility index (Phi) is 11.3. The van der Waals surface area contributed by atoms with Crippen molar-refractivity contribution in [2.45, 2.75) is 39.3 Å². The van der Waals surface area contributed by atoms with Crippen LogP contribution in [-0.2, 0) is 4.74 Å². The minimum absolute atomic E-state index is 0.00200. The van der Waals surface area contributed by atoms with Gasteiger partial charge in [0.05, 0.1) is 36.0 Å². The van der Waals surface area contributed by atoms with Crippen LogP contribution in [0.1, 0.15) is 56.1 Å². The molecule has 0 amide bonds. The molecule has 0 saturated carbocycles. The monoisotopic (exact) mass is 438 g/mol. The highest BCUT2D eigenvalue weighted by molar-refractivity contribution is 5.36. The van der Waals surface area contributed by atoms with E-state index in [2.05, 4.69) is 48.8 Å². The van der Waals surface area contributed by atoms with E-state index >= 15 is 0 Å². The number of likely N-dealkylation sites (N-methyl/N-ethyl adjacent to an activating group) is 1. The number of pyridine rings is 1. The predicted molar refractivity (Wildman–Crippen MR) is 128 cm³/mol. The van der Waals surface area contributed by atoms with E-state index < -0.39 is 0 Å². The number of aliphatic hydroxyl groups is 1. The van der Waals surface area contributed by atoms with Gasteiger partial charge in [-0.2, -0.15) is 5.26 Å². The minimum Gasteiger partial charge on any atom is -0.396 e. The number of hydrogen-bond donors (Lipinski definition) is 1. The van der Waals surface area contributed by atoms with Gasteiger partial charge in [-0.1, -0.05) is 39.0 Å². The number of aliphatic hydroxyl groups excluding tert-OH is 1. The first-order chi connectivity index (χ1) is 15.6. The zero-order chi connectivity index (χ0) is 23.3. The van der Waals surface area contributed by atoms with E-state index in [4.69, 9.17) is 9.72 Å². The summed E-state index contributed by atoms with van der Waals surface area (Å²) in [5, 5.41) is 19.4. The molecule has 0 unspecified atom stereocenters. The fourth-order valence-corrected chi connectivity index (χ4v) is 4.28. The second-order valence-corrected chi connectivity index (χ2v) is 8.29. The molecule has 6 nitrogen and oxygen atoms in total. The third-order valence-corrected chi connectivity index (χ3v) is 5.79. The minimum atomic E-state index is -0.0474. The van der Waals surface area contributed by atoms with Gasteiger partial charge in [0.1, 0.15) is 0 Å². The molecule has 0 spiro atoms. The average molecular weight is 439 g/mol. The normalized spacial score (nSPS) is 14.3. The van der Waals surface area contributed by atoms with E-state index in [0.717, 1.165) is 37.3 Å². The molecule has 0 aliphatic carbocycles. The van der Waals surface area contributed by atoms with Crippen LogP contribution in [0.4, 0.5) is 0 Å². The summed E-state index contributed by atoms with van der Waals surface area (Å²) in [4.78, 5) is 9.62. The van der Waals surface area contributed by atoms with Crippen LogP contribution in [0.25, 0.3) is 0 Å². The fourth-order valence-electron chi connectivity index (χ4n) is 4.28. The van der Waals surface area contributed by atoms with Crippen molar-refractivity contribution in [3.05, 3.63) is 65.5 Å². The van der Waals surface area contributed by atoms with Crippen molar-refractivity contribution in [2.24, 2.45) is 5.92 Å². The maximum absolute atomic E-state index is 9.82. The Balaban J connectivity index is 2.68. The van der Waals surface area contributed by atoms with Gasteiger partial charge in [0, 0.05) is 33.0 Å². The molecule has 0 aliphatic rings. The number of hydrogen-bond acceptors (Lipinski definition) is 6. The molecule has 6 heteroatoms. The highest BCUT2D eigenvalue weighted by Gasteiger charge is 2.35. The summed E-state index contributed by atoms with van der Waals surface area (Å²) in [5.41, 5.74) is 2.73. The van der Waals surface area contributed by atoms with Crippen LogP contribution >= 0.6 is 0 Å². The Morgan fingerprint density at radius 2 is 1.91 bits per heavy atom. The van der Waals surface area contributed by atoms with Crippen LogP contribution in [0.2, 0.25) is 0 Å². The van der Waals surface area contributed by atoms with E-state index in [1.165, 1.54) is 0 Å².